The zero-order valence-electron chi connectivity index (χ0n) is 20.2. The van der Waals surface area contributed by atoms with Crippen molar-refractivity contribution >= 4 is 27.5 Å². The van der Waals surface area contributed by atoms with Crippen LogP contribution in [0.4, 0.5) is 5.69 Å². The average Bonchev–Trinajstić information content (AvgIpc) is 2.90. The zero-order valence-corrected chi connectivity index (χ0v) is 21.0. The molecule has 0 heterocycles. The fourth-order valence-electron chi connectivity index (χ4n) is 3.89. The van der Waals surface area contributed by atoms with E-state index in [9.17, 15) is 18.3 Å². The highest BCUT2D eigenvalue weighted by Crippen LogP contribution is 2.30. The van der Waals surface area contributed by atoms with Crippen LogP contribution in [0.5, 0.6) is 11.5 Å². The Bertz CT molecular complexity index is 1570. The molecule has 38 heavy (non-hydrogen) atoms. The molecule has 0 bridgehead atoms. The van der Waals surface area contributed by atoms with Gasteiger partial charge in [0.25, 0.3) is 0 Å². The van der Waals surface area contributed by atoms with Gasteiger partial charge in [-0.25, -0.2) is 13.6 Å². The first-order chi connectivity index (χ1) is 18.1. The summed E-state index contributed by atoms with van der Waals surface area (Å²) in [6, 6.07) is 26.5. The van der Waals surface area contributed by atoms with Crippen LogP contribution in [-0.2, 0) is 14.8 Å². The Morgan fingerprint density at radius 3 is 2.26 bits per heavy atom. The van der Waals surface area contributed by atoms with Crippen molar-refractivity contribution in [2.45, 2.75) is 10.8 Å². The highest BCUT2D eigenvalue weighted by Gasteiger charge is 2.23. The number of carbonyl (C=O) groups excluding carboxylic acids is 1. The molecule has 7 N–H and O–H groups in total. The number of phenolic OH excluding ortho intramolecular Hbond substituents is 1. The van der Waals surface area contributed by atoms with E-state index in [-0.39, 0.29) is 34.7 Å². The Morgan fingerprint density at radius 2 is 1.61 bits per heavy atom. The Kier molecular flexibility index (Phi) is 7.75. The van der Waals surface area contributed by atoms with Crippen LogP contribution in [0.2, 0.25) is 0 Å². The second kappa shape index (κ2) is 11.2. The number of rotatable bonds is 9. The number of hydrogen-bond acceptors (Lipinski definition) is 6. The first-order valence-electron chi connectivity index (χ1n) is 11.5. The largest absolute Gasteiger partial charge is 0.504 e. The molecule has 0 saturated carbocycles. The number of ether oxygens (including phenoxy) is 1. The van der Waals surface area contributed by atoms with Crippen LogP contribution in [-0.4, -0.2) is 31.9 Å². The van der Waals surface area contributed by atoms with Crippen LogP contribution in [0.3, 0.4) is 0 Å². The van der Waals surface area contributed by atoms with Crippen LogP contribution in [0.15, 0.2) is 102 Å². The molecular weight excluding hydrogens is 504 g/mol. The number of nitrogens with one attached hydrogen (secondary N) is 2. The molecule has 0 aliphatic carbocycles. The number of aromatic hydroxyl groups is 1. The van der Waals surface area contributed by atoms with E-state index in [0.717, 1.165) is 0 Å². The summed E-state index contributed by atoms with van der Waals surface area (Å²) in [7, 11) is -3.91. The first-order valence-corrected chi connectivity index (χ1v) is 13.1. The van der Waals surface area contributed by atoms with Crippen LogP contribution >= 0.6 is 0 Å². The number of nitrogen functional groups attached to an aromatic ring is 1. The van der Waals surface area contributed by atoms with Crippen molar-refractivity contribution in [3.05, 3.63) is 108 Å². The molecule has 0 fully saturated rings. The molecule has 9 nitrogen and oxygen atoms in total. The van der Waals surface area contributed by atoms with Crippen molar-refractivity contribution in [3.8, 4) is 22.6 Å². The van der Waals surface area contributed by atoms with E-state index in [1.165, 1.54) is 24.3 Å². The molecule has 1 unspecified atom stereocenters. The number of amidine groups is 1. The minimum absolute atomic E-state index is 0.00942. The number of amides is 1. The van der Waals surface area contributed by atoms with Crippen molar-refractivity contribution in [2.24, 2.45) is 10.9 Å². The monoisotopic (exact) mass is 530 g/mol. The van der Waals surface area contributed by atoms with E-state index in [4.69, 9.17) is 21.0 Å². The van der Waals surface area contributed by atoms with Gasteiger partial charge in [0.05, 0.1) is 10.8 Å². The summed E-state index contributed by atoms with van der Waals surface area (Å²) in [6.45, 7) is -0.0927. The number of anilines is 1. The Balaban J connectivity index is 1.55. The smallest absolute Gasteiger partial charge is 0.238 e. The predicted molar refractivity (Wildman–Crippen MR) is 146 cm³/mol. The minimum atomic E-state index is -3.91. The summed E-state index contributed by atoms with van der Waals surface area (Å²) in [4.78, 5) is 13.3. The zero-order chi connectivity index (χ0) is 27.3. The molecule has 0 spiro atoms. The van der Waals surface area contributed by atoms with Crippen LogP contribution in [0.25, 0.3) is 11.1 Å². The average molecular weight is 531 g/mol. The van der Waals surface area contributed by atoms with Crippen molar-refractivity contribution in [3.63, 3.8) is 0 Å². The molecule has 4 rings (SSSR count). The highest BCUT2D eigenvalue weighted by molar-refractivity contribution is 7.89. The van der Waals surface area contributed by atoms with E-state index < -0.39 is 15.9 Å². The van der Waals surface area contributed by atoms with E-state index in [0.29, 0.717) is 27.9 Å². The Hall–Kier alpha value is -4.67. The number of phenols is 1. The van der Waals surface area contributed by atoms with Gasteiger partial charge in [-0.2, -0.15) is 0 Å². The lowest BCUT2D eigenvalue weighted by molar-refractivity contribution is -0.118. The minimum Gasteiger partial charge on any atom is -0.504 e. The van der Waals surface area contributed by atoms with Gasteiger partial charge in [0.15, 0.2) is 11.5 Å². The second-order valence-electron chi connectivity index (χ2n) is 8.48. The number of sulfonamides is 1. The summed E-state index contributed by atoms with van der Waals surface area (Å²) in [5.41, 5.74) is 8.19. The maximum atomic E-state index is 13.3. The van der Waals surface area contributed by atoms with Crippen molar-refractivity contribution in [1.82, 2.24) is 0 Å². The van der Waals surface area contributed by atoms with Crippen LogP contribution in [0, 0.1) is 5.41 Å². The van der Waals surface area contributed by atoms with Gasteiger partial charge in [-0.3, -0.25) is 10.2 Å². The standard InChI is InChI=1S/C28H26N4O5S/c29-27(30)20-12-15-24(33)25(16-20)37-17-23(18-6-2-1-3-7-18)28(34)32-21-13-10-19(11-14-21)22-8-4-5-9-26(22)38(31,35)36/h1-16,23,33H,17H2,(H3,29,30)(H,32,34)(H2,31,35,36). The first kappa shape index (κ1) is 26.4. The van der Waals surface area contributed by atoms with E-state index >= 15 is 0 Å². The van der Waals surface area contributed by atoms with Crippen LogP contribution < -0.4 is 20.9 Å². The molecule has 0 saturated heterocycles. The van der Waals surface area contributed by atoms with Crippen molar-refractivity contribution < 1.29 is 23.1 Å². The quantitative estimate of drug-likeness (QED) is 0.163. The third-order valence-corrected chi connectivity index (χ3v) is 6.82. The van der Waals surface area contributed by atoms with Gasteiger partial charge in [0.1, 0.15) is 12.4 Å². The van der Waals surface area contributed by atoms with Gasteiger partial charge in [0.2, 0.25) is 15.9 Å². The molecule has 0 radical (unpaired) electrons. The molecule has 4 aromatic rings. The number of primary sulfonamides is 1. The van der Waals surface area contributed by atoms with Gasteiger partial charge in [-0.1, -0.05) is 60.7 Å². The SMILES string of the molecule is N=C(N)c1ccc(O)c(OCC(C(=O)Nc2ccc(-c3ccccc3S(N)(=O)=O)cc2)c2ccccc2)c1. The van der Waals surface area contributed by atoms with Gasteiger partial charge < -0.3 is 20.9 Å². The topological polar surface area (TPSA) is 169 Å². The molecule has 0 aromatic heterocycles. The maximum absolute atomic E-state index is 13.3. The summed E-state index contributed by atoms with van der Waals surface area (Å²) >= 11 is 0. The van der Waals surface area contributed by atoms with E-state index in [1.807, 2.05) is 6.07 Å². The summed E-state index contributed by atoms with van der Waals surface area (Å²) < 4.78 is 29.7. The fourth-order valence-corrected chi connectivity index (χ4v) is 4.66. The summed E-state index contributed by atoms with van der Waals surface area (Å²) in [5.74, 6) is -1.31. The lowest BCUT2D eigenvalue weighted by Crippen LogP contribution is -2.26. The van der Waals surface area contributed by atoms with E-state index in [1.54, 1.807) is 66.7 Å². The lowest BCUT2D eigenvalue weighted by Gasteiger charge is -2.19. The second-order valence-corrected chi connectivity index (χ2v) is 10.0. The van der Waals surface area contributed by atoms with Gasteiger partial charge in [-0.15, -0.1) is 0 Å². The van der Waals surface area contributed by atoms with Crippen molar-refractivity contribution in [2.75, 3.05) is 11.9 Å². The van der Waals surface area contributed by atoms with Crippen LogP contribution in [0.1, 0.15) is 17.0 Å². The fraction of sp³-hybridized carbons (Fsp3) is 0.0714. The third-order valence-electron chi connectivity index (χ3n) is 5.85. The van der Waals surface area contributed by atoms with Gasteiger partial charge >= 0.3 is 0 Å². The van der Waals surface area contributed by atoms with E-state index in [2.05, 4.69) is 5.32 Å². The molecular formula is C28H26N4O5S. The molecule has 1 amide bonds. The molecule has 0 aliphatic rings. The highest BCUT2D eigenvalue weighted by atomic mass is 32.2. The number of benzene rings is 4. The Morgan fingerprint density at radius 1 is 0.947 bits per heavy atom. The lowest BCUT2D eigenvalue weighted by atomic mass is 9.98. The molecule has 4 aromatic carbocycles. The number of hydrogen-bond donors (Lipinski definition) is 5. The molecule has 10 heteroatoms. The molecule has 1 atom stereocenters. The van der Waals surface area contributed by atoms with Gasteiger partial charge in [0, 0.05) is 16.8 Å². The number of carbonyl (C=O) groups is 1. The third kappa shape index (κ3) is 6.17. The number of nitrogens with two attached hydrogens (primary N) is 2. The maximum Gasteiger partial charge on any atom is 0.238 e. The normalized spacial score (nSPS) is 11.9. The Labute approximate surface area is 220 Å². The predicted octanol–water partition coefficient (Wildman–Crippen LogP) is 3.79. The molecule has 194 valence electrons. The summed E-state index contributed by atoms with van der Waals surface area (Å²) in [6.07, 6.45) is 0. The summed E-state index contributed by atoms with van der Waals surface area (Å²) in [5, 5.41) is 26.0. The molecule has 0 aliphatic heterocycles. The van der Waals surface area contributed by atoms with Crippen molar-refractivity contribution in [1.29, 1.82) is 5.41 Å². The van der Waals surface area contributed by atoms with Gasteiger partial charge in [-0.05, 0) is 47.5 Å².